The number of hydrogen-bond acceptors (Lipinski definition) is 3. The number of rotatable bonds is 0. The molecule has 4 rings (SSSR count). The lowest BCUT2D eigenvalue weighted by Gasteiger charge is -2.48. The van der Waals surface area contributed by atoms with Crippen molar-refractivity contribution in [3.8, 4) is 5.75 Å². The maximum absolute atomic E-state index is 9.70. The van der Waals surface area contributed by atoms with Gasteiger partial charge in [-0.2, -0.15) is 0 Å². The number of oxime groups is 1. The van der Waals surface area contributed by atoms with Gasteiger partial charge in [0.05, 0.1) is 5.71 Å². The quantitative estimate of drug-likeness (QED) is 0.373. The highest BCUT2D eigenvalue weighted by Crippen LogP contribution is 2.59. The van der Waals surface area contributed by atoms with Crippen molar-refractivity contribution < 1.29 is 10.3 Å². The van der Waals surface area contributed by atoms with Gasteiger partial charge in [0.1, 0.15) is 5.75 Å². The minimum atomic E-state index is 0.115. The van der Waals surface area contributed by atoms with Crippen molar-refractivity contribution in [1.29, 1.82) is 0 Å². The molecule has 0 amide bonds. The molecule has 2 fully saturated rings. The molecule has 1 aromatic carbocycles. The molecule has 1 aromatic rings. The summed E-state index contributed by atoms with van der Waals surface area (Å²) in [6.07, 6.45) is 6.71. The van der Waals surface area contributed by atoms with E-state index in [1.54, 1.807) is 0 Å². The normalized spacial score (nSPS) is 31.5. The molecule has 0 aliphatic heterocycles. The largest absolute Gasteiger partial charge is 0.508 e. The average molecular weight is 376 g/mol. The maximum atomic E-state index is 9.70. The summed E-state index contributed by atoms with van der Waals surface area (Å²) in [5.41, 5.74) is 3.95. The summed E-state index contributed by atoms with van der Waals surface area (Å²) in [5, 5.41) is 22.6. The van der Waals surface area contributed by atoms with Crippen LogP contribution < -0.4 is 0 Å². The number of hydrogen-bond donors (Lipinski definition) is 2. The van der Waals surface area contributed by atoms with Crippen LogP contribution in [0.1, 0.15) is 97.6 Å². The molecule has 3 heteroatoms. The fourth-order valence-electron chi connectivity index (χ4n) is 5.52. The van der Waals surface area contributed by atoms with Crippen LogP contribution in [0.15, 0.2) is 23.4 Å². The Hall–Kier alpha value is -1.51. The molecule has 2 unspecified atom stereocenters. The standard InChI is InChI=1S/C18H23NO2.3C2H6/c1-18-9-8-14-13-5-3-12(20)10-11(13)2-4-15(14)16(18)6-7-17(18)19-21;3*1-2/h3,5,10,14-16,20-21H,2,4,6-9H2,1H3;3*1-2H3/b19-17+;;;/t14-,15?,16+,18?;;;/m1.../s1. The Kier molecular flexibility index (Phi) is 9.35. The molecule has 0 aromatic heterocycles. The van der Waals surface area contributed by atoms with Crippen molar-refractivity contribution in [2.45, 2.75) is 92.9 Å². The molecule has 154 valence electrons. The zero-order chi connectivity index (χ0) is 20.6. The number of aryl methyl sites for hydroxylation is 1. The second-order valence-electron chi connectivity index (χ2n) is 7.34. The van der Waals surface area contributed by atoms with Gasteiger partial charge in [-0.15, -0.1) is 0 Å². The first-order valence-electron chi connectivity index (χ1n) is 11.2. The Balaban J connectivity index is 0.000000556. The fourth-order valence-corrected chi connectivity index (χ4v) is 5.52. The highest BCUT2D eigenvalue weighted by molar-refractivity contribution is 5.92. The molecule has 2 N–H and O–H groups in total. The fraction of sp³-hybridized carbons (Fsp3) is 0.708. The smallest absolute Gasteiger partial charge is 0.115 e. The van der Waals surface area contributed by atoms with Crippen molar-refractivity contribution >= 4 is 5.71 Å². The van der Waals surface area contributed by atoms with Crippen molar-refractivity contribution in [3.05, 3.63) is 29.3 Å². The van der Waals surface area contributed by atoms with Crippen molar-refractivity contribution in [1.82, 2.24) is 0 Å². The number of fused-ring (bicyclic) bond motifs is 5. The van der Waals surface area contributed by atoms with E-state index in [1.807, 2.05) is 53.7 Å². The molecule has 0 heterocycles. The molecule has 4 atom stereocenters. The molecular formula is C24H41NO2. The van der Waals surface area contributed by atoms with E-state index < -0.39 is 0 Å². The van der Waals surface area contributed by atoms with Crippen molar-refractivity contribution in [2.24, 2.45) is 22.4 Å². The number of nitrogens with zero attached hydrogens (tertiary/aromatic N) is 1. The summed E-state index contributed by atoms with van der Waals surface area (Å²) in [6.45, 7) is 14.3. The van der Waals surface area contributed by atoms with Gasteiger partial charge in [0.25, 0.3) is 0 Å². The molecule has 3 aliphatic carbocycles. The van der Waals surface area contributed by atoms with Crippen LogP contribution in [-0.4, -0.2) is 16.0 Å². The zero-order valence-corrected chi connectivity index (χ0v) is 18.5. The number of benzene rings is 1. The summed E-state index contributed by atoms with van der Waals surface area (Å²) < 4.78 is 0. The van der Waals surface area contributed by atoms with Crippen LogP contribution in [0.25, 0.3) is 0 Å². The second-order valence-corrected chi connectivity index (χ2v) is 7.34. The lowest BCUT2D eigenvalue weighted by molar-refractivity contribution is 0.0938. The summed E-state index contributed by atoms with van der Waals surface area (Å²) in [5.74, 6) is 2.39. The topological polar surface area (TPSA) is 52.8 Å². The van der Waals surface area contributed by atoms with Crippen LogP contribution >= 0.6 is 0 Å². The molecule has 3 aliphatic rings. The molecule has 0 bridgehead atoms. The van der Waals surface area contributed by atoms with E-state index in [4.69, 9.17) is 0 Å². The van der Waals surface area contributed by atoms with Crippen LogP contribution in [0.5, 0.6) is 5.75 Å². The van der Waals surface area contributed by atoms with Gasteiger partial charge in [0.2, 0.25) is 0 Å². The van der Waals surface area contributed by atoms with E-state index in [0.717, 1.165) is 25.0 Å². The highest BCUT2D eigenvalue weighted by Gasteiger charge is 2.53. The van der Waals surface area contributed by atoms with Gasteiger partial charge < -0.3 is 10.3 Å². The monoisotopic (exact) mass is 375 g/mol. The van der Waals surface area contributed by atoms with Crippen molar-refractivity contribution in [3.63, 3.8) is 0 Å². The number of aromatic hydroxyl groups is 1. The van der Waals surface area contributed by atoms with E-state index in [1.165, 1.54) is 30.4 Å². The first-order valence-corrected chi connectivity index (χ1v) is 11.2. The summed E-state index contributed by atoms with van der Waals surface area (Å²) in [6, 6.07) is 5.93. The van der Waals surface area contributed by atoms with Crippen LogP contribution in [0.3, 0.4) is 0 Å². The van der Waals surface area contributed by atoms with E-state index >= 15 is 0 Å². The SMILES string of the molecule is CC.CC.CC.CC12CC[C@@H]3c4ccc(O)cc4CCC3[C@@H]1CC/C2=N\O. The lowest BCUT2D eigenvalue weighted by atomic mass is 9.55. The van der Waals surface area contributed by atoms with Gasteiger partial charge in [-0.05, 0) is 79.5 Å². The summed E-state index contributed by atoms with van der Waals surface area (Å²) >= 11 is 0. The average Bonchev–Trinajstić information content (AvgIpc) is 3.08. The predicted octanol–water partition coefficient (Wildman–Crippen LogP) is 7.16. The lowest BCUT2D eigenvalue weighted by Crippen LogP contribution is -2.42. The first-order chi connectivity index (χ1) is 13.1. The van der Waals surface area contributed by atoms with E-state index in [-0.39, 0.29) is 5.41 Å². The Morgan fingerprint density at radius 2 is 1.63 bits per heavy atom. The third-order valence-corrected chi connectivity index (χ3v) is 6.57. The number of phenols is 1. The van der Waals surface area contributed by atoms with E-state index in [0.29, 0.717) is 23.5 Å². The van der Waals surface area contributed by atoms with E-state index in [9.17, 15) is 10.3 Å². The molecule has 3 nitrogen and oxygen atoms in total. The van der Waals surface area contributed by atoms with Crippen molar-refractivity contribution in [2.75, 3.05) is 0 Å². The van der Waals surface area contributed by atoms with Crippen LogP contribution in [0.4, 0.5) is 0 Å². The molecular weight excluding hydrogens is 334 g/mol. The van der Waals surface area contributed by atoms with Crippen LogP contribution in [0.2, 0.25) is 0 Å². The van der Waals surface area contributed by atoms with Gasteiger partial charge in [-0.1, -0.05) is 59.7 Å². The van der Waals surface area contributed by atoms with Crippen LogP contribution in [-0.2, 0) is 6.42 Å². The third kappa shape index (κ3) is 4.33. The Morgan fingerprint density at radius 3 is 2.26 bits per heavy atom. The molecule has 0 spiro atoms. The maximum Gasteiger partial charge on any atom is 0.115 e. The summed E-state index contributed by atoms with van der Waals surface area (Å²) in [4.78, 5) is 0. The molecule has 2 saturated carbocycles. The molecule has 0 radical (unpaired) electrons. The zero-order valence-electron chi connectivity index (χ0n) is 18.5. The van der Waals surface area contributed by atoms with Crippen LogP contribution in [0, 0.1) is 17.3 Å². The van der Waals surface area contributed by atoms with Gasteiger partial charge in [-0.25, -0.2) is 0 Å². The first kappa shape index (κ1) is 23.5. The van der Waals surface area contributed by atoms with Gasteiger partial charge in [0, 0.05) is 5.41 Å². The minimum absolute atomic E-state index is 0.115. The summed E-state index contributed by atoms with van der Waals surface area (Å²) in [7, 11) is 0. The molecule has 27 heavy (non-hydrogen) atoms. The third-order valence-electron chi connectivity index (χ3n) is 6.57. The Labute approximate surface area is 166 Å². The Morgan fingerprint density at radius 1 is 0.963 bits per heavy atom. The minimum Gasteiger partial charge on any atom is -0.508 e. The Bertz CT molecular complexity index is 610. The number of phenolic OH excluding ortho intramolecular Hbond substituents is 1. The van der Waals surface area contributed by atoms with Gasteiger partial charge in [-0.3, -0.25) is 0 Å². The van der Waals surface area contributed by atoms with Gasteiger partial charge >= 0.3 is 0 Å². The highest BCUT2D eigenvalue weighted by atomic mass is 16.4. The molecule has 0 saturated heterocycles. The predicted molar refractivity (Wildman–Crippen MR) is 116 cm³/mol. The second kappa shape index (κ2) is 10.7. The van der Waals surface area contributed by atoms with E-state index in [2.05, 4.69) is 18.1 Å². The van der Waals surface area contributed by atoms with Gasteiger partial charge in [0.15, 0.2) is 0 Å².